The van der Waals surface area contributed by atoms with Gasteiger partial charge in [0.2, 0.25) is 5.91 Å². The molecule has 3 rings (SSSR count). The molecule has 1 aromatic heterocycles. The standard InChI is InChI=1S/C16H16N4O3/c1-10-11-4-2-3-5-13(11)23-14(10)8-15(21)19-20-16(22)12-9-17-6-7-18-12/h2-7,9-10,14H,8H2,1H3,(H,19,21)(H,20,22)/t10-,14-/m0/s1. The molecule has 2 atom stereocenters. The number of para-hydroxylation sites is 1. The van der Waals surface area contributed by atoms with Crippen LogP contribution in [0.1, 0.15) is 35.3 Å². The molecule has 0 spiro atoms. The largest absolute Gasteiger partial charge is 0.489 e. The molecule has 2 N–H and O–H groups in total. The molecule has 2 aromatic rings. The fourth-order valence-electron chi connectivity index (χ4n) is 2.49. The monoisotopic (exact) mass is 312 g/mol. The van der Waals surface area contributed by atoms with Crippen molar-refractivity contribution in [2.24, 2.45) is 0 Å². The van der Waals surface area contributed by atoms with E-state index in [2.05, 4.69) is 20.8 Å². The molecule has 0 bridgehead atoms. The van der Waals surface area contributed by atoms with Crippen molar-refractivity contribution in [2.75, 3.05) is 0 Å². The van der Waals surface area contributed by atoms with Gasteiger partial charge in [-0.3, -0.25) is 25.4 Å². The van der Waals surface area contributed by atoms with Gasteiger partial charge in [-0.2, -0.15) is 0 Å². The van der Waals surface area contributed by atoms with Crippen LogP contribution in [0.5, 0.6) is 5.75 Å². The quantitative estimate of drug-likeness (QED) is 0.831. The van der Waals surface area contributed by atoms with Gasteiger partial charge in [-0.15, -0.1) is 0 Å². The molecule has 23 heavy (non-hydrogen) atoms. The lowest BCUT2D eigenvalue weighted by Gasteiger charge is -2.15. The molecule has 0 saturated carbocycles. The number of carbonyl (C=O) groups excluding carboxylic acids is 2. The molecule has 0 unspecified atom stereocenters. The molecule has 0 saturated heterocycles. The Labute approximate surface area is 133 Å². The minimum atomic E-state index is -0.518. The van der Waals surface area contributed by atoms with E-state index < -0.39 is 5.91 Å². The zero-order chi connectivity index (χ0) is 16.2. The van der Waals surface area contributed by atoms with E-state index in [0.717, 1.165) is 11.3 Å². The second kappa shape index (κ2) is 6.43. The fraction of sp³-hybridized carbons (Fsp3) is 0.250. The summed E-state index contributed by atoms with van der Waals surface area (Å²) in [4.78, 5) is 31.4. The van der Waals surface area contributed by atoms with E-state index in [1.54, 1.807) is 0 Å². The molecule has 1 aliphatic heterocycles. The molecule has 2 amide bonds. The van der Waals surface area contributed by atoms with Gasteiger partial charge in [0.1, 0.15) is 17.5 Å². The maximum Gasteiger partial charge on any atom is 0.289 e. The normalized spacial score (nSPS) is 18.7. The highest BCUT2D eigenvalue weighted by Crippen LogP contribution is 2.38. The number of hydrazine groups is 1. The second-order valence-electron chi connectivity index (χ2n) is 5.28. The number of fused-ring (bicyclic) bond motifs is 1. The van der Waals surface area contributed by atoms with Crippen LogP contribution in [0.25, 0.3) is 0 Å². The van der Waals surface area contributed by atoms with Crippen molar-refractivity contribution < 1.29 is 14.3 Å². The Morgan fingerprint density at radius 3 is 2.78 bits per heavy atom. The molecule has 7 nitrogen and oxygen atoms in total. The highest BCUT2D eigenvalue weighted by molar-refractivity contribution is 5.93. The van der Waals surface area contributed by atoms with E-state index in [-0.39, 0.29) is 30.0 Å². The summed E-state index contributed by atoms with van der Waals surface area (Å²) >= 11 is 0. The van der Waals surface area contributed by atoms with E-state index >= 15 is 0 Å². The van der Waals surface area contributed by atoms with Gasteiger partial charge in [0.05, 0.1) is 12.6 Å². The first-order valence-electron chi connectivity index (χ1n) is 7.26. The number of aromatic nitrogens is 2. The second-order valence-corrected chi connectivity index (χ2v) is 5.28. The third kappa shape index (κ3) is 3.28. The lowest BCUT2D eigenvalue weighted by molar-refractivity contribution is -0.123. The summed E-state index contributed by atoms with van der Waals surface area (Å²) in [7, 11) is 0. The number of hydrogen-bond donors (Lipinski definition) is 2. The van der Waals surface area contributed by atoms with Gasteiger partial charge in [-0.25, -0.2) is 4.98 Å². The number of amides is 2. The molecule has 1 aliphatic rings. The zero-order valence-electron chi connectivity index (χ0n) is 12.5. The van der Waals surface area contributed by atoms with Gasteiger partial charge in [-0.05, 0) is 6.07 Å². The van der Waals surface area contributed by atoms with Crippen molar-refractivity contribution in [1.29, 1.82) is 0 Å². The predicted octanol–water partition coefficient (Wildman–Crippen LogP) is 1.19. The average molecular weight is 312 g/mol. The lowest BCUT2D eigenvalue weighted by atomic mass is 9.96. The molecule has 118 valence electrons. The summed E-state index contributed by atoms with van der Waals surface area (Å²) in [6.07, 6.45) is 4.09. The van der Waals surface area contributed by atoms with Crippen molar-refractivity contribution >= 4 is 11.8 Å². The van der Waals surface area contributed by atoms with Crippen LogP contribution >= 0.6 is 0 Å². The van der Waals surface area contributed by atoms with E-state index in [1.807, 2.05) is 31.2 Å². The molecule has 0 fully saturated rings. The lowest BCUT2D eigenvalue weighted by Crippen LogP contribution is -2.43. The minimum absolute atomic E-state index is 0.118. The van der Waals surface area contributed by atoms with Crippen molar-refractivity contribution in [2.45, 2.75) is 25.4 Å². The van der Waals surface area contributed by atoms with Crippen LogP contribution in [0.3, 0.4) is 0 Å². The van der Waals surface area contributed by atoms with Crippen molar-refractivity contribution in [3.8, 4) is 5.75 Å². The maximum atomic E-state index is 12.0. The van der Waals surface area contributed by atoms with Gasteiger partial charge in [0.25, 0.3) is 5.91 Å². The Balaban J connectivity index is 1.52. The Hall–Kier alpha value is -2.96. The fourth-order valence-corrected chi connectivity index (χ4v) is 2.49. The van der Waals surface area contributed by atoms with Crippen LogP contribution in [0.2, 0.25) is 0 Å². The van der Waals surface area contributed by atoms with Crippen molar-refractivity contribution in [3.05, 3.63) is 54.1 Å². The summed E-state index contributed by atoms with van der Waals surface area (Å²) in [6, 6.07) is 7.73. The summed E-state index contributed by atoms with van der Waals surface area (Å²) in [5, 5.41) is 0. The van der Waals surface area contributed by atoms with Gasteiger partial charge in [0.15, 0.2) is 0 Å². The number of nitrogens with zero attached hydrogens (tertiary/aromatic N) is 2. The summed E-state index contributed by atoms with van der Waals surface area (Å²) < 4.78 is 5.79. The van der Waals surface area contributed by atoms with Crippen molar-refractivity contribution in [1.82, 2.24) is 20.8 Å². The highest BCUT2D eigenvalue weighted by Gasteiger charge is 2.32. The minimum Gasteiger partial charge on any atom is -0.489 e. The Bertz CT molecular complexity index is 720. The van der Waals surface area contributed by atoms with E-state index in [0.29, 0.717) is 0 Å². The van der Waals surface area contributed by atoms with Crippen LogP contribution < -0.4 is 15.6 Å². The number of benzene rings is 1. The van der Waals surface area contributed by atoms with Crippen LogP contribution in [0, 0.1) is 0 Å². The molecule has 7 heteroatoms. The third-order valence-electron chi connectivity index (χ3n) is 3.74. The van der Waals surface area contributed by atoms with Gasteiger partial charge < -0.3 is 4.74 Å². The first kappa shape index (κ1) is 15.0. The van der Waals surface area contributed by atoms with Crippen LogP contribution in [-0.4, -0.2) is 27.9 Å². The van der Waals surface area contributed by atoms with Gasteiger partial charge in [0, 0.05) is 23.9 Å². The van der Waals surface area contributed by atoms with Gasteiger partial charge >= 0.3 is 0 Å². The zero-order valence-corrected chi connectivity index (χ0v) is 12.5. The molecule has 0 aliphatic carbocycles. The predicted molar refractivity (Wildman–Crippen MR) is 81.5 cm³/mol. The number of hydrogen-bond acceptors (Lipinski definition) is 5. The Morgan fingerprint density at radius 2 is 2.04 bits per heavy atom. The molecule has 1 aromatic carbocycles. The third-order valence-corrected chi connectivity index (χ3v) is 3.74. The Kier molecular flexibility index (Phi) is 4.18. The summed E-state index contributed by atoms with van der Waals surface area (Å²) in [5.74, 6) is 0.0797. The maximum absolute atomic E-state index is 12.0. The smallest absolute Gasteiger partial charge is 0.289 e. The van der Waals surface area contributed by atoms with Crippen LogP contribution in [0.4, 0.5) is 0 Å². The SMILES string of the molecule is C[C@H]1c2ccccc2O[C@H]1CC(=O)NNC(=O)c1cnccn1. The molecular weight excluding hydrogens is 296 g/mol. The Morgan fingerprint density at radius 1 is 1.22 bits per heavy atom. The van der Waals surface area contributed by atoms with E-state index in [9.17, 15) is 9.59 Å². The first-order chi connectivity index (χ1) is 11.1. The number of ether oxygens (including phenoxy) is 1. The summed E-state index contributed by atoms with van der Waals surface area (Å²) in [5.41, 5.74) is 5.90. The van der Waals surface area contributed by atoms with E-state index in [1.165, 1.54) is 18.6 Å². The van der Waals surface area contributed by atoms with Crippen LogP contribution in [-0.2, 0) is 4.79 Å². The van der Waals surface area contributed by atoms with Crippen molar-refractivity contribution in [3.63, 3.8) is 0 Å². The number of rotatable bonds is 3. The van der Waals surface area contributed by atoms with E-state index in [4.69, 9.17) is 4.74 Å². The summed E-state index contributed by atoms with van der Waals surface area (Å²) in [6.45, 7) is 2.02. The molecule has 0 radical (unpaired) electrons. The number of carbonyl (C=O) groups is 2. The van der Waals surface area contributed by atoms with Crippen LogP contribution in [0.15, 0.2) is 42.9 Å². The number of nitrogens with one attached hydrogen (secondary N) is 2. The highest BCUT2D eigenvalue weighted by atomic mass is 16.5. The topological polar surface area (TPSA) is 93.2 Å². The molecular formula is C16H16N4O3. The average Bonchev–Trinajstić information content (AvgIpc) is 2.90. The molecule has 2 heterocycles. The first-order valence-corrected chi connectivity index (χ1v) is 7.26. The van der Waals surface area contributed by atoms with Gasteiger partial charge in [-0.1, -0.05) is 25.1 Å².